The Balaban J connectivity index is 4.79. The highest BCUT2D eigenvalue weighted by Crippen LogP contribution is 2.43. The summed E-state index contributed by atoms with van der Waals surface area (Å²) in [5.74, 6) is -1.57. The van der Waals surface area contributed by atoms with Gasteiger partial charge in [0, 0.05) is 19.3 Å². The maximum Gasteiger partial charge on any atom is 0.472 e. The number of hydrogen-bond donors (Lipinski definition) is 2. The van der Waals surface area contributed by atoms with E-state index < -0.39 is 57.8 Å². The summed E-state index contributed by atoms with van der Waals surface area (Å²) in [4.78, 5) is 48.6. The SMILES string of the molecule is CC/C=C\C/C=C\C/C=C\C/C=C\CCC(=O)OC(CO)COP(=O)(O)OCC(COC(=O)CCCCCCCC/C=C\C/C=C\C/C=C\CCCCC)OC(=O)CCCCCCCCCCC/C=C\CCCCCCCC. The van der Waals surface area contributed by atoms with Crippen molar-refractivity contribution in [1.29, 1.82) is 0 Å². The molecule has 3 atom stereocenters. The minimum atomic E-state index is -4.78. The predicted octanol–water partition coefficient (Wildman–Crippen LogP) is 18.8. The Kier molecular flexibility index (Phi) is 56.8. The second-order valence-corrected chi connectivity index (χ2v) is 21.9. The van der Waals surface area contributed by atoms with E-state index >= 15 is 0 Å². The van der Waals surface area contributed by atoms with E-state index in [1.54, 1.807) is 0 Å². The fourth-order valence-electron chi connectivity index (χ4n) is 8.25. The van der Waals surface area contributed by atoms with E-state index in [0.29, 0.717) is 19.3 Å². The lowest BCUT2D eigenvalue weighted by molar-refractivity contribution is -0.161. The number of ether oxygens (including phenoxy) is 3. The van der Waals surface area contributed by atoms with Gasteiger partial charge in [0.05, 0.1) is 19.8 Å². The smallest absolute Gasteiger partial charge is 0.462 e. The number of unbranched alkanes of at least 4 members (excludes halogenated alkanes) is 24. The molecule has 0 amide bonds. The number of phosphoric ester groups is 1. The van der Waals surface area contributed by atoms with Gasteiger partial charge < -0.3 is 24.2 Å². The number of aliphatic hydroxyl groups is 1. The Bertz CT molecular complexity index is 1680. The molecule has 0 bridgehead atoms. The van der Waals surface area contributed by atoms with Crippen LogP contribution in [0.25, 0.3) is 0 Å². The van der Waals surface area contributed by atoms with E-state index in [1.165, 1.54) is 109 Å². The number of esters is 3. The lowest BCUT2D eigenvalue weighted by Gasteiger charge is -2.21. The third kappa shape index (κ3) is 57.1. The van der Waals surface area contributed by atoms with Crippen LogP contribution in [0, 0.1) is 0 Å². The first-order valence-corrected chi connectivity index (χ1v) is 32.6. The van der Waals surface area contributed by atoms with Crippen molar-refractivity contribution in [2.45, 2.75) is 277 Å². The van der Waals surface area contributed by atoms with Crippen LogP contribution in [-0.4, -0.2) is 66.5 Å². The lowest BCUT2D eigenvalue weighted by atomic mass is 10.1. The Morgan fingerprint density at radius 1 is 0.372 bits per heavy atom. The topological polar surface area (TPSA) is 155 Å². The molecule has 11 nitrogen and oxygen atoms in total. The molecule has 0 aromatic carbocycles. The predicted molar refractivity (Wildman–Crippen MR) is 325 cm³/mol. The van der Waals surface area contributed by atoms with Crippen LogP contribution in [0.3, 0.4) is 0 Å². The van der Waals surface area contributed by atoms with Crippen LogP contribution in [0.5, 0.6) is 0 Å². The van der Waals surface area contributed by atoms with Gasteiger partial charge in [0.15, 0.2) is 6.10 Å². The van der Waals surface area contributed by atoms with E-state index in [1.807, 2.05) is 12.2 Å². The molecule has 0 fully saturated rings. The van der Waals surface area contributed by atoms with Gasteiger partial charge in [-0.1, -0.05) is 234 Å². The summed E-state index contributed by atoms with van der Waals surface area (Å²) in [5.41, 5.74) is 0. The second-order valence-electron chi connectivity index (χ2n) is 20.5. The van der Waals surface area contributed by atoms with Gasteiger partial charge in [-0.3, -0.25) is 23.4 Å². The first-order valence-electron chi connectivity index (χ1n) is 31.1. The van der Waals surface area contributed by atoms with Gasteiger partial charge in [0.2, 0.25) is 0 Å². The molecule has 0 aliphatic heterocycles. The number of phosphoric acid groups is 1. The Hall–Kier alpha value is -3.60. The Morgan fingerprint density at radius 2 is 0.692 bits per heavy atom. The monoisotopic (exact) mass is 1110 g/mol. The summed E-state index contributed by atoms with van der Waals surface area (Å²) in [6.07, 6.45) is 70.9. The molecule has 78 heavy (non-hydrogen) atoms. The Morgan fingerprint density at radius 3 is 1.14 bits per heavy atom. The number of carbonyl (C=O) groups is 3. The molecule has 0 rings (SSSR count). The number of hydrogen-bond acceptors (Lipinski definition) is 10. The molecule has 0 aromatic heterocycles. The third-order valence-corrected chi connectivity index (χ3v) is 13.9. The van der Waals surface area contributed by atoms with Crippen molar-refractivity contribution in [3.8, 4) is 0 Å². The van der Waals surface area contributed by atoms with Crippen molar-refractivity contribution < 1.29 is 52.2 Å². The van der Waals surface area contributed by atoms with Crippen LogP contribution in [0.4, 0.5) is 0 Å². The summed E-state index contributed by atoms with van der Waals surface area (Å²) in [6.45, 7) is 4.42. The zero-order valence-electron chi connectivity index (χ0n) is 49.6. The summed E-state index contributed by atoms with van der Waals surface area (Å²) in [5, 5.41) is 9.81. The molecule has 0 aliphatic carbocycles. The van der Waals surface area contributed by atoms with Gasteiger partial charge in [0.1, 0.15) is 12.7 Å². The van der Waals surface area contributed by atoms with Crippen molar-refractivity contribution in [3.63, 3.8) is 0 Å². The zero-order valence-corrected chi connectivity index (χ0v) is 50.5. The fourth-order valence-corrected chi connectivity index (χ4v) is 9.04. The van der Waals surface area contributed by atoms with E-state index in [4.69, 9.17) is 23.3 Å². The van der Waals surface area contributed by atoms with Crippen LogP contribution in [-0.2, 0) is 42.2 Å². The molecule has 0 aliphatic rings. The standard InChI is InChI=1S/C66H113O11P/c1-4-7-10-13-16-19-22-25-27-29-31-33-35-38-40-43-46-49-52-55-64(68)73-59-63(77-66(70)57-54-51-48-45-42-39-36-34-32-30-28-26-23-20-17-14-11-8-5-2)61-75-78(71,72)74-60-62(58-67)76-65(69)56-53-50-47-44-41-37-24-21-18-15-12-9-6-3/h9,12,16,18-19,21,25-28,31,33,37,41,47,50,62-63,67H,4-8,10-11,13-15,17,20,22-24,29-30,32,34-36,38-40,42-46,48-49,51-61H2,1-3H3,(H,71,72)/b12-9-,19-16-,21-18-,27-25-,28-26-,33-31-,41-37-,50-47-. The van der Waals surface area contributed by atoms with Gasteiger partial charge >= 0.3 is 25.7 Å². The number of allylic oxidation sites excluding steroid dienone is 16. The molecule has 12 heteroatoms. The maximum absolute atomic E-state index is 13.0. The highest BCUT2D eigenvalue weighted by atomic mass is 31.2. The number of carbonyl (C=O) groups excluding carboxylic acids is 3. The number of rotatable bonds is 57. The van der Waals surface area contributed by atoms with Gasteiger partial charge in [0.25, 0.3) is 0 Å². The average molecular weight is 1110 g/mol. The highest BCUT2D eigenvalue weighted by Gasteiger charge is 2.28. The van der Waals surface area contributed by atoms with Crippen LogP contribution in [0.1, 0.15) is 265 Å². The molecule has 3 unspecified atom stereocenters. The molecular weight excluding hydrogens is 1000 g/mol. The summed E-state index contributed by atoms with van der Waals surface area (Å²) in [6, 6.07) is 0. The molecule has 0 saturated carbocycles. The first kappa shape index (κ1) is 74.4. The largest absolute Gasteiger partial charge is 0.472 e. The first-order chi connectivity index (χ1) is 38.2. The van der Waals surface area contributed by atoms with E-state index in [2.05, 4.69) is 106 Å². The van der Waals surface area contributed by atoms with Gasteiger partial charge in [-0.05, 0) is 109 Å². The summed E-state index contributed by atoms with van der Waals surface area (Å²) < 4.78 is 39.5. The van der Waals surface area contributed by atoms with E-state index in [9.17, 15) is 28.9 Å². The highest BCUT2D eigenvalue weighted by molar-refractivity contribution is 7.47. The van der Waals surface area contributed by atoms with E-state index in [0.717, 1.165) is 96.3 Å². The lowest BCUT2D eigenvalue weighted by Crippen LogP contribution is -2.30. The quantitative estimate of drug-likeness (QED) is 0.0197. The summed E-state index contributed by atoms with van der Waals surface area (Å²) in [7, 11) is -4.78. The summed E-state index contributed by atoms with van der Waals surface area (Å²) >= 11 is 0. The molecule has 0 saturated heterocycles. The van der Waals surface area contributed by atoms with Gasteiger partial charge in [-0.25, -0.2) is 4.57 Å². The maximum atomic E-state index is 13.0. The van der Waals surface area contributed by atoms with Crippen molar-refractivity contribution in [1.82, 2.24) is 0 Å². The van der Waals surface area contributed by atoms with Gasteiger partial charge in [-0.2, -0.15) is 0 Å². The molecule has 0 radical (unpaired) electrons. The minimum absolute atomic E-state index is 0.0520. The fraction of sp³-hybridized carbons (Fsp3) is 0.712. The second kappa shape index (κ2) is 59.5. The van der Waals surface area contributed by atoms with Gasteiger partial charge in [-0.15, -0.1) is 0 Å². The van der Waals surface area contributed by atoms with Crippen molar-refractivity contribution in [2.75, 3.05) is 26.4 Å². The van der Waals surface area contributed by atoms with Crippen molar-refractivity contribution >= 4 is 25.7 Å². The molecule has 448 valence electrons. The molecule has 0 heterocycles. The van der Waals surface area contributed by atoms with Crippen molar-refractivity contribution in [2.24, 2.45) is 0 Å². The normalized spacial score (nSPS) is 14.0. The molecular formula is C66H113O11P. The zero-order chi connectivity index (χ0) is 56.9. The van der Waals surface area contributed by atoms with Crippen LogP contribution >= 0.6 is 7.82 Å². The van der Waals surface area contributed by atoms with E-state index in [-0.39, 0.29) is 25.9 Å². The van der Waals surface area contributed by atoms with Crippen LogP contribution in [0.2, 0.25) is 0 Å². The number of aliphatic hydroxyl groups excluding tert-OH is 1. The average Bonchev–Trinajstić information content (AvgIpc) is 3.43. The molecule has 0 aromatic rings. The van der Waals surface area contributed by atoms with Crippen LogP contribution < -0.4 is 0 Å². The molecule has 2 N–H and O–H groups in total. The third-order valence-electron chi connectivity index (χ3n) is 13.0. The minimum Gasteiger partial charge on any atom is -0.462 e. The molecule has 0 spiro atoms. The van der Waals surface area contributed by atoms with Crippen LogP contribution in [0.15, 0.2) is 97.2 Å². The Labute approximate surface area is 476 Å². The van der Waals surface area contributed by atoms with Crippen molar-refractivity contribution in [3.05, 3.63) is 97.2 Å².